The van der Waals surface area contributed by atoms with Crippen molar-refractivity contribution < 1.29 is 4.79 Å². The molecule has 0 bridgehead atoms. The number of ketones is 1. The average molecular weight is 281 g/mol. The molecule has 1 aromatic rings. The van der Waals surface area contributed by atoms with Crippen LogP contribution in [0.25, 0.3) is 0 Å². The fraction of sp³-hybridized carbons (Fsp3) is 0.500. The third-order valence-corrected chi connectivity index (χ3v) is 4.49. The first-order valence-corrected chi connectivity index (χ1v) is 6.76. The van der Waals surface area contributed by atoms with Gasteiger partial charge in [-0.1, -0.05) is 43.9 Å². The molecule has 0 heterocycles. The number of carbonyl (C=O) groups is 1. The predicted octanol–water partition coefficient (Wildman–Crippen LogP) is 4.52. The molecule has 1 fully saturated rings. The van der Waals surface area contributed by atoms with Crippen molar-refractivity contribution in [2.75, 3.05) is 0 Å². The van der Waals surface area contributed by atoms with Gasteiger partial charge < -0.3 is 0 Å². The van der Waals surface area contributed by atoms with Crippen LogP contribution in [-0.4, -0.2) is 5.78 Å². The Morgan fingerprint density at radius 3 is 2.75 bits per heavy atom. The van der Waals surface area contributed by atoms with E-state index >= 15 is 0 Å². The van der Waals surface area contributed by atoms with Gasteiger partial charge >= 0.3 is 0 Å². The number of hydrogen-bond acceptors (Lipinski definition) is 1. The molecule has 2 heteroatoms. The monoisotopic (exact) mass is 280 g/mol. The van der Waals surface area contributed by atoms with Gasteiger partial charge in [-0.3, -0.25) is 4.79 Å². The summed E-state index contributed by atoms with van der Waals surface area (Å²) in [5, 5.41) is 0. The molecule has 1 saturated carbocycles. The zero-order chi connectivity index (χ0) is 11.5. The molecule has 0 amide bonds. The van der Waals surface area contributed by atoms with E-state index in [0.717, 1.165) is 22.0 Å². The molecule has 16 heavy (non-hydrogen) atoms. The van der Waals surface area contributed by atoms with Crippen LogP contribution in [0.2, 0.25) is 0 Å². The van der Waals surface area contributed by atoms with Gasteiger partial charge in [-0.05, 0) is 34.3 Å². The van der Waals surface area contributed by atoms with Crippen LogP contribution in [0, 0.1) is 12.8 Å². The highest BCUT2D eigenvalue weighted by Gasteiger charge is 2.20. The number of Topliss-reactive ketones (excluding diaryl/α,β-unsaturated/α-hetero) is 1. The molecule has 1 aliphatic carbocycles. The first-order valence-electron chi connectivity index (χ1n) is 5.97. The minimum Gasteiger partial charge on any atom is -0.294 e. The van der Waals surface area contributed by atoms with Crippen molar-refractivity contribution in [1.29, 1.82) is 0 Å². The number of carbonyl (C=O) groups excluding carboxylic acids is 1. The lowest BCUT2D eigenvalue weighted by Crippen LogP contribution is -2.07. The van der Waals surface area contributed by atoms with E-state index < -0.39 is 0 Å². The summed E-state index contributed by atoms with van der Waals surface area (Å²) in [6.07, 6.45) is 5.78. The molecule has 2 rings (SSSR count). The highest BCUT2D eigenvalue weighted by atomic mass is 79.9. The second-order valence-corrected chi connectivity index (χ2v) is 5.51. The molecule has 0 radical (unpaired) electrons. The van der Waals surface area contributed by atoms with Crippen LogP contribution in [-0.2, 0) is 0 Å². The minimum atomic E-state index is 0.294. The molecule has 0 atom stereocenters. The van der Waals surface area contributed by atoms with Gasteiger partial charge in [0, 0.05) is 16.5 Å². The maximum atomic E-state index is 12.1. The Kier molecular flexibility index (Phi) is 3.80. The summed E-state index contributed by atoms with van der Waals surface area (Å²) in [5.74, 6) is 0.919. The van der Waals surface area contributed by atoms with Crippen molar-refractivity contribution in [2.24, 2.45) is 5.92 Å². The van der Waals surface area contributed by atoms with Crippen molar-refractivity contribution >= 4 is 21.7 Å². The molecule has 0 aliphatic heterocycles. The van der Waals surface area contributed by atoms with E-state index in [4.69, 9.17) is 0 Å². The maximum Gasteiger partial charge on any atom is 0.164 e. The molecular formula is C14H17BrO. The van der Waals surface area contributed by atoms with Crippen molar-refractivity contribution in [3.8, 4) is 0 Å². The van der Waals surface area contributed by atoms with Crippen LogP contribution in [0.5, 0.6) is 0 Å². The summed E-state index contributed by atoms with van der Waals surface area (Å²) in [6, 6.07) is 5.91. The van der Waals surface area contributed by atoms with Crippen LogP contribution in [0.15, 0.2) is 22.7 Å². The molecule has 1 aliphatic rings. The number of halogens is 1. The molecule has 1 nitrogen and oxygen atoms in total. The summed E-state index contributed by atoms with van der Waals surface area (Å²) in [5.41, 5.74) is 1.99. The number of benzene rings is 1. The lowest BCUT2D eigenvalue weighted by atomic mass is 9.96. The Hall–Kier alpha value is -0.630. The third-order valence-electron chi connectivity index (χ3n) is 3.44. The van der Waals surface area contributed by atoms with Gasteiger partial charge in [0.05, 0.1) is 0 Å². The molecule has 1 aromatic carbocycles. The minimum absolute atomic E-state index is 0.294. The number of hydrogen-bond donors (Lipinski definition) is 0. The van der Waals surface area contributed by atoms with E-state index in [1.54, 1.807) is 0 Å². The van der Waals surface area contributed by atoms with Gasteiger partial charge in [0.2, 0.25) is 0 Å². The zero-order valence-corrected chi connectivity index (χ0v) is 11.2. The fourth-order valence-corrected chi connectivity index (χ4v) is 2.93. The van der Waals surface area contributed by atoms with Crippen LogP contribution in [0.3, 0.4) is 0 Å². The molecule has 0 unspecified atom stereocenters. The van der Waals surface area contributed by atoms with Crippen LogP contribution in [0.1, 0.15) is 48.0 Å². The maximum absolute atomic E-state index is 12.1. The Morgan fingerprint density at radius 2 is 2.06 bits per heavy atom. The number of aryl methyl sites for hydroxylation is 1. The highest BCUT2D eigenvalue weighted by Crippen LogP contribution is 2.30. The van der Waals surface area contributed by atoms with E-state index in [1.807, 2.05) is 25.1 Å². The topological polar surface area (TPSA) is 17.1 Å². The van der Waals surface area contributed by atoms with Gasteiger partial charge in [-0.2, -0.15) is 0 Å². The molecular weight excluding hydrogens is 264 g/mol. The van der Waals surface area contributed by atoms with Crippen molar-refractivity contribution in [2.45, 2.75) is 39.0 Å². The van der Waals surface area contributed by atoms with E-state index in [-0.39, 0.29) is 0 Å². The average Bonchev–Trinajstić information content (AvgIpc) is 2.74. The van der Waals surface area contributed by atoms with Gasteiger partial charge in [0.15, 0.2) is 5.78 Å². The lowest BCUT2D eigenvalue weighted by Gasteiger charge is -2.10. The molecule has 0 N–H and O–H groups in total. The summed E-state index contributed by atoms with van der Waals surface area (Å²) in [4.78, 5) is 12.1. The SMILES string of the molecule is Cc1cccc(C(=O)CC2CCCC2)c1Br. The summed E-state index contributed by atoms with van der Waals surface area (Å²) < 4.78 is 0.970. The van der Waals surface area contributed by atoms with E-state index in [9.17, 15) is 4.79 Å². The third kappa shape index (κ3) is 2.54. The predicted molar refractivity (Wildman–Crippen MR) is 69.8 cm³/mol. The Labute approximate surface area is 105 Å². The van der Waals surface area contributed by atoms with Crippen molar-refractivity contribution in [3.05, 3.63) is 33.8 Å². The van der Waals surface area contributed by atoms with E-state index in [1.165, 1.54) is 25.7 Å². The lowest BCUT2D eigenvalue weighted by molar-refractivity contribution is 0.0961. The largest absolute Gasteiger partial charge is 0.294 e. The fourth-order valence-electron chi connectivity index (χ4n) is 2.45. The summed E-state index contributed by atoms with van der Waals surface area (Å²) in [7, 11) is 0. The van der Waals surface area contributed by atoms with E-state index in [2.05, 4.69) is 15.9 Å². The second-order valence-electron chi connectivity index (χ2n) is 4.71. The highest BCUT2D eigenvalue weighted by molar-refractivity contribution is 9.10. The Bertz CT molecular complexity index is 392. The van der Waals surface area contributed by atoms with Crippen molar-refractivity contribution in [3.63, 3.8) is 0 Å². The van der Waals surface area contributed by atoms with Gasteiger partial charge in [0.25, 0.3) is 0 Å². The van der Waals surface area contributed by atoms with Gasteiger partial charge in [-0.15, -0.1) is 0 Å². The molecule has 0 aromatic heterocycles. The zero-order valence-electron chi connectivity index (χ0n) is 9.63. The molecule has 86 valence electrons. The number of rotatable bonds is 3. The van der Waals surface area contributed by atoms with Gasteiger partial charge in [-0.25, -0.2) is 0 Å². The van der Waals surface area contributed by atoms with Crippen LogP contribution >= 0.6 is 15.9 Å². The van der Waals surface area contributed by atoms with E-state index in [0.29, 0.717) is 11.7 Å². The second kappa shape index (κ2) is 5.13. The van der Waals surface area contributed by atoms with Crippen LogP contribution in [0.4, 0.5) is 0 Å². The molecule has 0 saturated heterocycles. The first kappa shape index (κ1) is 11.8. The van der Waals surface area contributed by atoms with Gasteiger partial charge in [0.1, 0.15) is 0 Å². The molecule has 0 spiro atoms. The van der Waals surface area contributed by atoms with Crippen molar-refractivity contribution in [1.82, 2.24) is 0 Å². The Morgan fingerprint density at radius 1 is 1.38 bits per heavy atom. The first-order chi connectivity index (χ1) is 7.68. The smallest absolute Gasteiger partial charge is 0.164 e. The quantitative estimate of drug-likeness (QED) is 0.744. The standard InChI is InChI=1S/C14H17BrO/c1-10-5-4-8-12(14(10)15)13(16)9-11-6-2-3-7-11/h4-5,8,11H,2-3,6-7,9H2,1H3. The normalized spacial score (nSPS) is 16.6. The van der Waals surface area contributed by atoms with Crippen LogP contribution < -0.4 is 0 Å². The summed E-state index contributed by atoms with van der Waals surface area (Å²) >= 11 is 3.51. The summed E-state index contributed by atoms with van der Waals surface area (Å²) in [6.45, 7) is 2.02. The Balaban J connectivity index is 2.11.